The number of halogens is 3. The van der Waals surface area contributed by atoms with Crippen LogP contribution < -0.4 is 10.2 Å². The Morgan fingerprint density at radius 3 is 2.82 bits per heavy atom. The molecular weight excluding hydrogens is 441 g/mol. The van der Waals surface area contributed by atoms with E-state index in [0.717, 1.165) is 6.26 Å². The number of carbonyl (C=O) groups excluding carboxylic acids is 2. The van der Waals surface area contributed by atoms with Crippen LogP contribution in [-0.4, -0.2) is 47.5 Å². The molecule has 1 unspecified atom stereocenters. The lowest BCUT2D eigenvalue weighted by atomic mass is 9.95. The van der Waals surface area contributed by atoms with Gasteiger partial charge < -0.3 is 14.1 Å². The molecule has 0 radical (unpaired) electrons. The average molecular weight is 462 g/mol. The predicted octanol–water partition coefficient (Wildman–Crippen LogP) is 4.27. The van der Waals surface area contributed by atoms with Crippen LogP contribution in [0.1, 0.15) is 41.1 Å². The van der Waals surface area contributed by atoms with Crippen molar-refractivity contribution in [1.82, 2.24) is 9.97 Å². The van der Waals surface area contributed by atoms with E-state index >= 15 is 0 Å². The molecule has 33 heavy (non-hydrogen) atoms. The van der Waals surface area contributed by atoms with Crippen molar-refractivity contribution in [2.75, 3.05) is 29.9 Å². The molecule has 2 aromatic heterocycles. The van der Waals surface area contributed by atoms with Crippen molar-refractivity contribution in [3.05, 3.63) is 47.6 Å². The Hall–Kier alpha value is -3.63. The van der Waals surface area contributed by atoms with Crippen molar-refractivity contribution in [2.24, 2.45) is 5.92 Å². The first-order valence-electron chi connectivity index (χ1n) is 10.3. The molecule has 1 amide bonds. The number of fused-ring (bicyclic) bond motifs is 1. The van der Waals surface area contributed by atoms with Gasteiger partial charge in [-0.3, -0.25) is 10.1 Å². The standard InChI is InChI=1S/C22H21F3N4O4/c1-3-32-20(31)17-11-33-21(27-17)28-19(30)15-9-13-8-14(23)4-5-16(13)26-18(15)29-7-6-22(24,25)12(2)10-29/h4-5,8-9,11-12H,3,6-7,10H2,1-2H3,(H,27,28,30). The predicted molar refractivity (Wildman–Crippen MR) is 113 cm³/mol. The van der Waals surface area contributed by atoms with Crippen LogP contribution in [0.3, 0.4) is 0 Å². The normalized spacial score (nSPS) is 17.7. The molecule has 3 aromatic rings. The summed E-state index contributed by atoms with van der Waals surface area (Å²) < 4.78 is 51.8. The Labute approximate surface area is 186 Å². The quantitative estimate of drug-likeness (QED) is 0.566. The number of benzene rings is 1. The number of esters is 1. The number of carbonyl (C=O) groups is 2. The molecule has 1 saturated heterocycles. The van der Waals surface area contributed by atoms with Crippen LogP contribution in [0, 0.1) is 11.7 Å². The third-order valence-electron chi connectivity index (χ3n) is 5.44. The molecule has 11 heteroatoms. The Balaban J connectivity index is 1.68. The zero-order valence-electron chi connectivity index (χ0n) is 17.9. The summed E-state index contributed by atoms with van der Waals surface area (Å²) in [5, 5.41) is 2.79. The Kier molecular flexibility index (Phi) is 5.96. The molecule has 0 spiro atoms. The number of piperidine rings is 1. The number of nitrogens with one attached hydrogen (secondary N) is 1. The first-order valence-corrected chi connectivity index (χ1v) is 10.3. The Morgan fingerprint density at radius 2 is 2.09 bits per heavy atom. The number of pyridine rings is 1. The summed E-state index contributed by atoms with van der Waals surface area (Å²) in [5.74, 6) is -5.51. The van der Waals surface area contributed by atoms with Gasteiger partial charge in [0.1, 0.15) is 17.9 Å². The van der Waals surface area contributed by atoms with Gasteiger partial charge in [-0.1, -0.05) is 6.92 Å². The molecule has 0 aliphatic carbocycles. The fourth-order valence-corrected chi connectivity index (χ4v) is 3.62. The molecule has 3 heterocycles. The summed E-state index contributed by atoms with van der Waals surface area (Å²) in [4.78, 5) is 34.8. The molecule has 174 valence electrons. The summed E-state index contributed by atoms with van der Waals surface area (Å²) in [6, 6.07) is 5.09. The van der Waals surface area contributed by atoms with E-state index in [1.54, 1.807) is 11.8 Å². The van der Waals surface area contributed by atoms with Gasteiger partial charge in [-0.25, -0.2) is 22.9 Å². The van der Waals surface area contributed by atoms with E-state index in [0.29, 0.717) is 10.9 Å². The maximum absolute atomic E-state index is 14.0. The van der Waals surface area contributed by atoms with Gasteiger partial charge in [-0.05, 0) is 31.2 Å². The summed E-state index contributed by atoms with van der Waals surface area (Å²) in [6.45, 7) is 3.19. The minimum atomic E-state index is -2.82. The highest BCUT2D eigenvalue weighted by atomic mass is 19.3. The second kappa shape index (κ2) is 8.72. The third kappa shape index (κ3) is 4.62. The molecule has 1 N–H and O–H groups in total. The molecule has 1 aliphatic heterocycles. The minimum Gasteiger partial charge on any atom is -0.461 e. The van der Waals surface area contributed by atoms with Crippen molar-refractivity contribution in [2.45, 2.75) is 26.2 Å². The van der Waals surface area contributed by atoms with Crippen LogP contribution >= 0.6 is 0 Å². The number of hydrogen-bond acceptors (Lipinski definition) is 7. The summed E-state index contributed by atoms with van der Waals surface area (Å²) in [7, 11) is 0. The fraction of sp³-hybridized carbons (Fsp3) is 0.364. The molecule has 1 aromatic carbocycles. The molecule has 1 aliphatic rings. The van der Waals surface area contributed by atoms with Gasteiger partial charge in [0.25, 0.3) is 11.8 Å². The van der Waals surface area contributed by atoms with Crippen molar-refractivity contribution < 1.29 is 31.9 Å². The smallest absolute Gasteiger partial charge is 0.360 e. The van der Waals surface area contributed by atoms with Crippen LogP contribution in [0.4, 0.5) is 25.0 Å². The number of nitrogens with zero attached hydrogens (tertiary/aromatic N) is 3. The lowest BCUT2D eigenvalue weighted by molar-refractivity contribution is -0.0652. The summed E-state index contributed by atoms with van der Waals surface area (Å²) in [6.07, 6.45) is 0.651. The molecule has 8 nitrogen and oxygen atoms in total. The van der Waals surface area contributed by atoms with Crippen molar-refractivity contribution in [3.63, 3.8) is 0 Å². The topological polar surface area (TPSA) is 97.6 Å². The van der Waals surface area contributed by atoms with Crippen molar-refractivity contribution in [1.29, 1.82) is 0 Å². The molecule has 1 fully saturated rings. The third-order valence-corrected chi connectivity index (χ3v) is 5.44. The number of aromatic nitrogens is 2. The number of hydrogen-bond donors (Lipinski definition) is 1. The van der Waals surface area contributed by atoms with E-state index in [2.05, 4.69) is 15.3 Å². The van der Waals surface area contributed by atoms with Gasteiger partial charge in [-0.15, -0.1) is 0 Å². The number of amides is 1. The lowest BCUT2D eigenvalue weighted by Gasteiger charge is -2.38. The zero-order valence-corrected chi connectivity index (χ0v) is 17.9. The molecule has 0 bridgehead atoms. The van der Waals surface area contributed by atoms with Gasteiger partial charge >= 0.3 is 12.0 Å². The number of rotatable bonds is 5. The van der Waals surface area contributed by atoms with Crippen molar-refractivity contribution in [3.8, 4) is 0 Å². The first kappa shape index (κ1) is 22.6. The fourth-order valence-electron chi connectivity index (χ4n) is 3.62. The molecule has 1 atom stereocenters. The maximum atomic E-state index is 14.0. The SMILES string of the molecule is CCOC(=O)c1coc(NC(=O)c2cc3cc(F)ccc3nc2N2CCC(F)(F)C(C)C2)n1. The largest absolute Gasteiger partial charge is 0.461 e. The zero-order chi connectivity index (χ0) is 23.8. The van der Waals surface area contributed by atoms with Crippen LogP contribution in [0.15, 0.2) is 34.9 Å². The first-order chi connectivity index (χ1) is 15.7. The van der Waals surface area contributed by atoms with Gasteiger partial charge in [0.15, 0.2) is 5.69 Å². The maximum Gasteiger partial charge on any atom is 0.360 e. The second-order valence-corrected chi connectivity index (χ2v) is 7.77. The number of alkyl halides is 2. The van der Waals surface area contributed by atoms with Gasteiger partial charge in [0.05, 0.1) is 17.7 Å². The minimum absolute atomic E-state index is 0.0106. The second-order valence-electron chi connectivity index (χ2n) is 7.77. The van der Waals surface area contributed by atoms with Gasteiger partial charge in [0, 0.05) is 30.8 Å². The van der Waals surface area contributed by atoms with E-state index in [4.69, 9.17) is 9.15 Å². The number of oxazole rings is 1. The van der Waals surface area contributed by atoms with Crippen LogP contribution in [0.25, 0.3) is 10.9 Å². The lowest BCUT2D eigenvalue weighted by Crippen LogP contribution is -2.46. The van der Waals surface area contributed by atoms with E-state index in [1.807, 2.05) is 0 Å². The highest BCUT2D eigenvalue weighted by molar-refractivity contribution is 6.09. The Bertz CT molecular complexity index is 1210. The Morgan fingerprint density at radius 1 is 1.30 bits per heavy atom. The van der Waals surface area contributed by atoms with E-state index < -0.39 is 29.5 Å². The molecule has 0 saturated carbocycles. The van der Waals surface area contributed by atoms with Crippen molar-refractivity contribution >= 4 is 34.6 Å². The van der Waals surface area contributed by atoms with E-state index in [9.17, 15) is 22.8 Å². The summed E-state index contributed by atoms with van der Waals surface area (Å²) >= 11 is 0. The highest BCUT2D eigenvalue weighted by Crippen LogP contribution is 2.36. The highest BCUT2D eigenvalue weighted by Gasteiger charge is 2.42. The average Bonchev–Trinajstić information content (AvgIpc) is 3.23. The van der Waals surface area contributed by atoms with Gasteiger partial charge in [-0.2, -0.15) is 4.98 Å². The van der Waals surface area contributed by atoms with Crippen LogP contribution in [0.5, 0.6) is 0 Å². The van der Waals surface area contributed by atoms with Gasteiger partial charge in [0.2, 0.25) is 0 Å². The molecular formula is C22H21F3N4O4. The van der Waals surface area contributed by atoms with Crippen LogP contribution in [-0.2, 0) is 4.74 Å². The van der Waals surface area contributed by atoms with E-state index in [-0.39, 0.29) is 49.2 Å². The summed E-state index contributed by atoms with van der Waals surface area (Å²) in [5.41, 5.74) is 0.313. The number of anilines is 2. The van der Waals surface area contributed by atoms with E-state index in [1.165, 1.54) is 31.2 Å². The number of ether oxygens (including phenoxy) is 1. The monoisotopic (exact) mass is 462 g/mol. The van der Waals surface area contributed by atoms with Crippen LogP contribution in [0.2, 0.25) is 0 Å². The molecule has 4 rings (SSSR count).